The number of ether oxygens (including phenoxy) is 1. The molecule has 6 rings (SSSR count). The smallest absolute Gasteiger partial charge is 0.381 e. The standard InChI is InChI=1S/C29H35F3N4O/c30-29(31,32)22-7-10-26-25(17-22)28-24(27(34-26)21-5-2-1-3-6-21)9-8-23(37-28)19-35-15-11-20(12-16-35)18-36-14-4-13-33-36/h1-5,7,10,13-14,17,20-21,23-24,27-28,34H,6,8-9,11-12,15-16,18-19H2/t21?,23-,24+,27+,28+/m1/s1. The topological polar surface area (TPSA) is 42.3 Å². The minimum atomic E-state index is -4.37. The molecule has 2 aromatic rings. The van der Waals surface area contributed by atoms with Crippen LogP contribution in [0.4, 0.5) is 18.9 Å². The van der Waals surface area contributed by atoms with Gasteiger partial charge in [0.05, 0.1) is 17.8 Å². The van der Waals surface area contributed by atoms with Crippen LogP contribution in [0.3, 0.4) is 0 Å². The van der Waals surface area contributed by atoms with Crippen LogP contribution < -0.4 is 5.32 Å². The molecule has 0 spiro atoms. The Morgan fingerprint density at radius 2 is 1.92 bits per heavy atom. The average molecular weight is 513 g/mol. The SMILES string of the molecule is FC(F)(F)c1ccc2c(c1)[C@H]1O[C@@H](CN3CCC(Cn4cccn4)CC3)CC[C@H]1[C@H](C1C=CC=CC1)N2. The first-order valence-electron chi connectivity index (χ1n) is 13.6. The maximum Gasteiger partial charge on any atom is 0.416 e. The predicted octanol–water partition coefficient (Wildman–Crippen LogP) is 6.08. The van der Waals surface area contributed by atoms with Crippen molar-refractivity contribution in [3.8, 4) is 0 Å². The first kappa shape index (κ1) is 24.7. The highest BCUT2D eigenvalue weighted by Crippen LogP contribution is 2.49. The molecule has 0 amide bonds. The lowest BCUT2D eigenvalue weighted by atomic mass is 9.73. The summed E-state index contributed by atoms with van der Waals surface area (Å²) in [6.45, 7) is 3.86. The van der Waals surface area contributed by atoms with Gasteiger partial charge in [0.2, 0.25) is 0 Å². The molecule has 2 saturated heterocycles. The second kappa shape index (κ2) is 10.3. The fraction of sp³-hybridized carbons (Fsp3) is 0.552. The molecule has 1 unspecified atom stereocenters. The van der Waals surface area contributed by atoms with Crippen molar-refractivity contribution in [3.05, 3.63) is 72.1 Å². The van der Waals surface area contributed by atoms with E-state index in [1.54, 1.807) is 6.07 Å². The lowest BCUT2D eigenvalue weighted by molar-refractivity contribution is -0.138. The van der Waals surface area contributed by atoms with Crippen LogP contribution in [-0.4, -0.2) is 46.5 Å². The van der Waals surface area contributed by atoms with Gasteiger partial charge in [-0.15, -0.1) is 0 Å². The van der Waals surface area contributed by atoms with Crippen LogP contribution in [0, 0.1) is 17.8 Å². The Bertz CT molecular complexity index is 1120. The number of aromatic nitrogens is 2. The molecule has 37 heavy (non-hydrogen) atoms. The molecule has 0 radical (unpaired) electrons. The number of nitrogens with zero attached hydrogens (tertiary/aromatic N) is 3. The van der Waals surface area contributed by atoms with Crippen molar-refractivity contribution in [2.75, 3.05) is 25.0 Å². The van der Waals surface area contributed by atoms with Gasteiger partial charge < -0.3 is 15.0 Å². The van der Waals surface area contributed by atoms with E-state index in [0.29, 0.717) is 17.4 Å². The molecule has 4 heterocycles. The number of alkyl halides is 3. The molecule has 8 heteroatoms. The number of allylic oxidation sites excluding steroid dienone is 3. The van der Waals surface area contributed by atoms with Gasteiger partial charge in [0.25, 0.3) is 0 Å². The molecular formula is C29H35F3N4O. The van der Waals surface area contributed by atoms with Crippen molar-refractivity contribution in [3.63, 3.8) is 0 Å². The molecule has 0 saturated carbocycles. The Balaban J connectivity index is 1.16. The van der Waals surface area contributed by atoms with Crippen LogP contribution in [0.2, 0.25) is 0 Å². The normalized spacial score (nSPS) is 30.5. The van der Waals surface area contributed by atoms with Crippen molar-refractivity contribution in [1.29, 1.82) is 0 Å². The van der Waals surface area contributed by atoms with Gasteiger partial charge in [-0.2, -0.15) is 18.3 Å². The summed E-state index contributed by atoms with van der Waals surface area (Å²) < 4.78 is 49.5. The van der Waals surface area contributed by atoms with E-state index >= 15 is 0 Å². The zero-order valence-electron chi connectivity index (χ0n) is 21.0. The first-order chi connectivity index (χ1) is 17.9. The Morgan fingerprint density at radius 3 is 2.65 bits per heavy atom. The molecule has 4 aliphatic rings. The molecule has 5 nitrogen and oxygen atoms in total. The number of benzene rings is 1. The van der Waals surface area contributed by atoms with E-state index in [2.05, 4.69) is 39.6 Å². The summed E-state index contributed by atoms with van der Waals surface area (Å²) in [6, 6.07) is 6.21. The molecule has 3 aliphatic heterocycles. The largest absolute Gasteiger partial charge is 0.416 e. The van der Waals surface area contributed by atoms with Gasteiger partial charge in [0.15, 0.2) is 0 Å². The van der Waals surface area contributed by atoms with Gasteiger partial charge in [-0.1, -0.05) is 24.3 Å². The molecule has 0 bridgehead atoms. The van der Waals surface area contributed by atoms with Crippen LogP contribution in [0.25, 0.3) is 0 Å². The number of piperidine rings is 1. The van der Waals surface area contributed by atoms with E-state index in [0.717, 1.165) is 64.0 Å². The first-order valence-corrected chi connectivity index (χ1v) is 13.6. The summed E-state index contributed by atoms with van der Waals surface area (Å²) in [6.07, 6.45) is 12.8. The maximum absolute atomic E-state index is 13.6. The predicted molar refractivity (Wildman–Crippen MR) is 137 cm³/mol. The molecule has 1 aliphatic carbocycles. The van der Waals surface area contributed by atoms with Gasteiger partial charge >= 0.3 is 6.18 Å². The summed E-state index contributed by atoms with van der Waals surface area (Å²) in [5.41, 5.74) is 0.840. The molecule has 1 N–H and O–H groups in total. The second-order valence-corrected chi connectivity index (χ2v) is 11.1. The van der Waals surface area contributed by atoms with Gasteiger partial charge in [0.1, 0.15) is 0 Å². The van der Waals surface area contributed by atoms with Gasteiger partial charge in [0, 0.05) is 54.6 Å². The summed E-state index contributed by atoms with van der Waals surface area (Å²) in [7, 11) is 0. The minimum absolute atomic E-state index is 0.0341. The third kappa shape index (κ3) is 5.36. The number of hydrogen-bond donors (Lipinski definition) is 1. The third-order valence-corrected chi connectivity index (χ3v) is 8.67. The molecule has 1 aromatic heterocycles. The lowest BCUT2D eigenvalue weighted by Gasteiger charge is -2.48. The van der Waals surface area contributed by atoms with E-state index < -0.39 is 11.7 Å². The monoisotopic (exact) mass is 512 g/mol. The highest BCUT2D eigenvalue weighted by Gasteiger charge is 2.45. The van der Waals surface area contributed by atoms with Crippen molar-refractivity contribution in [1.82, 2.24) is 14.7 Å². The number of fused-ring (bicyclic) bond motifs is 3. The number of likely N-dealkylation sites (tertiary alicyclic amines) is 1. The van der Waals surface area contributed by atoms with Crippen molar-refractivity contribution >= 4 is 5.69 Å². The minimum Gasteiger partial charge on any atom is -0.381 e. The van der Waals surface area contributed by atoms with E-state index in [4.69, 9.17) is 4.74 Å². The molecule has 198 valence electrons. The fourth-order valence-corrected chi connectivity index (χ4v) is 6.71. The molecule has 1 aromatic carbocycles. The third-order valence-electron chi connectivity index (χ3n) is 8.67. The molecule has 5 atom stereocenters. The highest BCUT2D eigenvalue weighted by atomic mass is 19.4. The zero-order chi connectivity index (χ0) is 25.4. The number of anilines is 1. The van der Waals surface area contributed by atoms with E-state index in [-0.39, 0.29) is 24.2 Å². The fourth-order valence-electron chi connectivity index (χ4n) is 6.71. The Hall–Kier alpha value is -2.58. The summed E-state index contributed by atoms with van der Waals surface area (Å²) >= 11 is 0. The quantitative estimate of drug-likeness (QED) is 0.528. The molecule has 2 fully saturated rings. The van der Waals surface area contributed by atoms with Gasteiger partial charge in [-0.3, -0.25) is 4.68 Å². The van der Waals surface area contributed by atoms with Crippen LogP contribution in [-0.2, 0) is 17.5 Å². The van der Waals surface area contributed by atoms with Gasteiger partial charge in [-0.25, -0.2) is 0 Å². The van der Waals surface area contributed by atoms with E-state index in [1.165, 1.54) is 12.1 Å². The molecular weight excluding hydrogens is 477 g/mol. The van der Waals surface area contributed by atoms with Crippen molar-refractivity contribution in [2.24, 2.45) is 17.8 Å². The summed E-state index contributed by atoms with van der Waals surface area (Å²) in [5.74, 6) is 1.08. The van der Waals surface area contributed by atoms with Crippen LogP contribution in [0.1, 0.15) is 49.3 Å². The number of rotatable bonds is 5. The number of hydrogen-bond acceptors (Lipinski definition) is 4. The van der Waals surface area contributed by atoms with E-state index in [1.807, 2.05) is 23.1 Å². The number of halogens is 3. The Labute approximate surface area is 216 Å². The van der Waals surface area contributed by atoms with Crippen LogP contribution in [0.15, 0.2) is 61.0 Å². The summed E-state index contributed by atoms with van der Waals surface area (Å²) in [4.78, 5) is 2.48. The second-order valence-electron chi connectivity index (χ2n) is 11.1. The Morgan fingerprint density at radius 1 is 1.05 bits per heavy atom. The van der Waals surface area contributed by atoms with Crippen molar-refractivity contribution < 1.29 is 17.9 Å². The Kier molecular flexibility index (Phi) is 6.88. The maximum atomic E-state index is 13.6. The summed E-state index contributed by atoms with van der Waals surface area (Å²) in [5, 5.41) is 7.95. The number of nitrogens with one attached hydrogen (secondary N) is 1. The van der Waals surface area contributed by atoms with Crippen LogP contribution in [0.5, 0.6) is 0 Å². The van der Waals surface area contributed by atoms with Gasteiger partial charge in [-0.05, 0) is 75.4 Å². The average Bonchev–Trinajstić information content (AvgIpc) is 3.42. The highest BCUT2D eigenvalue weighted by molar-refractivity contribution is 5.58. The van der Waals surface area contributed by atoms with Crippen molar-refractivity contribution in [2.45, 2.75) is 63.1 Å². The lowest BCUT2D eigenvalue weighted by Crippen LogP contribution is -2.49. The van der Waals surface area contributed by atoms with Crippen LogP contribution >= 0.6 is 0 Å². The zero-order valence-corrected chi connectivity index (χ0v) is 21.0. The van der Waals surface area contributed by atoms with E-state index in [9.17, 15) is 13.2 Å².